The second-order valence-electron chi connectivity index (χ2n) is 5.84. The average molecular weight is 383 g/mol. The Balaban J connectivity index is 1.73. The van der Waals surface area contributed by atoms with Crippen molar-refractivity contribution in [2.75, 3.05) is 11.9 Å². The van der Waals surface area contributed by atoms with Crippen LogP contribution in [0.1, 0.15) is 19.4 Å². The molecule has 1 unspecified atom stereocenters. The molecule has 0 radical (unpaired) electrons. The van der Waals surface area contributed by atoms with Crippen LogP contribution in [0, 0.1) is 6.92 Å². The van der Waals surface area contributed by atoms with Gasteiger partial charge in [0.15, 0.2) is 0 Å². The molecule has 140 valence electrons. The first-order valence-corrected chi connectivity index (χ1v) is 9.52. The van der Waals surface area contributed by atoms with Gasteiger partial charge in [0, 0.05) is 0 Å². The van der Waals surface area contributed by atoms with Crippen molar-refractivity contribution in [2.45, 2.75) is 31.2 Å². The number of carbonyl (C=O) groups is 1. The topological polar surface area (TPSA) is 81.9 Å². The van der Waals surface area contributed by atoms with Gasteiger partial charge >= 0.3 is 0 Å². The number of aromatic nitrogens is 4. The Morgan fingerprint density at radius 3 is 2.74 bits per heavy atom. The number of nitrogens with one attached hydrogen (secondary N) is 1. The maximum Gasteiger partial charge on any atom is 0.237 e. The Hall–Kier alpha value is -2.87. The number of para-hydroxylation sites is 3. The van der Waals surface area contributed by atoms with Crippen molar-refractivity contribution in [2.24, 2.45) is 0 Å². The lowest BCUT2D eigenvalue weighted by Gasteiger charge is -2.14. The molecule has 3 aromatic rings. The summed E-state index contributed by atoms with van der Waals surface area (Å²) in [5.41, 5.74) is 2.59. The molecule has 1 N–H and O–H groups in total. The number of nitrogens with zero attached hydrogens (tertiary/aromatic N) is 4. The van der Waals surface area contributed by atoms with E-state index < -0.39 is 5.25 Å². The van der Waals surface area contributed by atoms with Gasteiger partial charge in [0.1, 0.15) is 5.75 Å². The molecule has 2 aromatic carbocycles. The number of thioether (sulfide) groups is 1. The van der Waals surface area contributed by atoms with Crippen LogP contribution in [0.15, 0.2) is 53.7 Å². The van der Waals surface area contributed by atoms with Crippen LogP contribution in [0.4, 0.5) is 5.69 Å². The highest BCUT2D eigenvalue weighted by Gasteiger charge is 2.20. The van der Waals surface area contributed by atoms with Gasteiger partial charge in [-0.15, -0.1) is 5.10 Å². The van der Waals surface area contributed by atoms with Crippen molar-refractivity contribution < 1.29 is 9.53 Å². The van der Waals surface area contributed by atoms with Gasteiger partial charge in [0.25, 0.3) is 0 Å². The number of amides is 1. The molecule has 1 amide bonds. The fraction of sp³-hybridized carbons (Fsp3) is 0.263. The molecule has 3 rings (SSSR count). The van der Waals surface area contributed by atoms with Gasteiger partial charge in [0.2, 0.25) is 11.1 Å². The SMILES string of the molecule is CCOc1ccccc1NC(=O)C(C)Sc1nnnn1-c1ccccc1C. The quantitative estimate of drug-likeness (QED) is 0.629. The van der Waals surface area contributed by atoms with Gasteiger partial charge in [-0.2, -0.15) is 4.68 Å². The fourth-order valence-corrected chi connectivity index (χ4v) is 3.30. The summed E-state index contributed by atoms with van der Waals surface area (Å²) in [4.78, 5) is 12.6. The maximum atomic E-state index is 12.6. The fourth-order valence-electron chi connectivity index (χ4n) is 2.50. The van der Waals surface area contributed by atoms with E-state index in [0.29, 0.717) is 23.2 Å². The van der Waals surface area contributed by atoms with Crippen LogP contribution in [-0.2, 0) is 4.79 Å². The van der Waals surface area contributed by atoms with Gasteiger partial charge in [-0.1, -0.05) is 42.1 Å². The number of rotatable bonds is 7. The summed E-state index contributed by atoms with van der Waals surface area (Å²) in [6.07, 6.45) is 0. The van der Waals surface area contributed by atoms with E-state index in [4.69, 9.17) is 4.74 Å². The summed E-state index contributed by atoms with van der Waals surface area (Å²) in [7, 11) is 0. The van der Waals surface area contributed by atoms with E-state index in [1.54, 1.807) is 4.68 Å². The van der Waals surface area contributed by atoms with Crippen LogP contribution in [0.5, 0.6) is 5.75 Å². The van der Waals surface area contributed by atoms with Crippen LogP contribution in [-0.4, -0.2) is 38.0 Å². The molecule has 0 aliphatic heterocycles. The molecular weight excluding hydrogens is 362 g/mol. The molecule has 0 aliphatic carbocycles. The first-order valence-electron chi connectivity index (χ1n) is 8.64. The lowest BCUT2D eigenvalue weighted by atomic mass is 10.2. The zero-order valence-electron chi connectivity index (χ0n) is 15.4. The highest BCUT2D eigenvalue weighted by atomic mass is 32.2. The Morgan fingerprint density at radius 1 is 1.22 bits per heavy atom. The molecule has 1 aromatic heterocycles. The van der Waals surface area contributed by atoms with Crippen LogP contribution >= 0.6 is 11.8 Å². The van der Waals surface area contributed by atoms with Crippen LogP contribution in [0.25, 0.3) is 5.69 Å². The summed E-state index contributed by atoms with van der Waals surface area (Å²) >= 11 is 1.30. The molecule has 1 heterocycles. The predicted molar refractivity (Wildman–Crippen MR) is 105 cm³/mol. The monoisotopic (exact) mass is 383 g/mol. The second kappa shape index (κ2) is 8.68. The highest BCUT2D eigenvalue weighted by Crippen LogP contribution is 2.27. The average Bonchev–Trinajstić information content (AvgIpc) is 3.11. The summed E-state index contributed by atoms with van der Waals surface area (Å²) in [6.45, 7) is 6.25. The minimum atomic E-state index is -0.395. The number of ether oxygens (including phenoxy) is 1. The Labute approximate surface area is 162 Å². The molecule has 1 atom stereocenters. The van der Waals surface area contributed by atoms with Crippen LogP contribution in [0.2, 0.25) is 0 Å². The Kier molecular flexibility index (Phi) is 6.08. The van der Waals surface area contributed by atoms with Gasteiger partial charge in [-0.05, 0) is 55.0 Å². The smallest absolute Gasteiger partial charge is 0.237 e. The van der Waals surface area contributed by atoms with Gasteiger partial charge in [-0.3, -0.25) is 4.79 Å². The third-order valence-corrected chi connectivity index (χ3v) is 4.91. The van der Waals surface area contributed by atoms with E-state index in [9.17, 15) is 4.79 Å². The van der Waals surface area contributed by atoms with Crippen molar-refractivity contribution in [3.63, 3.8) is 0 Å². The summed E-state index contributed by atoms with van der Waals surface area (Å²) in [5.74, 6) is 0.502. The summed E-state index contributed by atoms with van der Waals surface area (Å²) < 4.78 is 7.21. The zero-order chi connectivity index (χ0) is 19.2. The predicted octanol–water partition coefficient (Wildman–Crippen LogP) is 3.49. The number of carbonyl (C=O) groups excluding carboxylic acids is 1. The van der Waals surface area contributed by atoms with E-state index in [1.165, 1.54) is 11.8 Å². The number of aryl methyl sites for hydroxylation is 1. The molecule has 8 heteroatoms. The van der Waals surface area contributed by atoms with Crippen molar-refractivity contribution in [1.82, 2.24) is 20.2 Å². The number of tetrazole rings is 1. The van der Waals surface area contributed by atoms with Gasteiger partial charge in [-0.25, -0.2) is 0 Å². The molecule has 7 nitrogen and oxygen atoms in total. The molecule has 0 aliphatic rings. The third kappa shape index (κ3) is 4.46. The van der Waals surface area contributed by atoms with Crippen molar-refractivity contribution in [1.29, 1.82) is 0 Å². The molecule has 0 saturated heterocycles. The Bertz CT molecular complexity index is 928. The summed E-state index contributed by atoms with van der Waals surface area (Å²) in [6, 6.07) is 15.2. The minimum absolute atomic E-state index is 0.147. The summed E-state index contributed by atoms with van der Waals surface area (Å²) in [5, 5.41) is 15.0. The van der Waals surface area contributed by atoms with Crippen molar-refractivity contribution in [3.8, 4) is 11.4 Å². The van der Waals surface area contributed by atoms with Crippen molar-refractivity contribution >= 4 is 23.4 Å². The lowest BCUT2D eigenvalue weighted by molar-refractivity contribution is -0.115. The van der Waals surface area contributed by atoms with Crippen molar-refractivity contribution in [3.05, 3.63) is 54.1 Å². The molecular formula is C19H21N5O2S. The maximum absolute atomic E-state index is 12.6. The van der Waals surface area contributed by atoms with Crippen LogP contribution in [0.3, 0.4) is 0 Å². The van der Waals surface area contributed by atoms with E-state index >= 15 is 0 Å². The van der Waals surface area contributed by atoms with Gasteiger partial charge < -0.3 is 10.1 Å². The largest absolute Gasteiger partial charge is 0.492 e. The number of hydrogen-bond acceptors (Lipinski definition) is 6. The number of hydrogen-bond donors (Lipinski definition) is 1. The number of anilines is 1. The standard InChI is InChI=1S/C19H21N5O2S/c1-4-26-17-12-8-6-10-15(17)20-18(25)14(3)27-19-21-22-23-24(19)16-11-7-5-9-13(16)2/h5-12,14H,4H2,1-3H3,(H,20,25). The van der Waals surface area contributed by atoms with Crippen LogP contribution < -0.4 is 10.1 Å². The Morgan fingerprint density at radius 2 is 1.96 bits per heavy atom. The first kappa shape index (κ1) is 18.9. The minimum Gasteiger partial charge on any atom is -0.492 e. The molecule has 0 fully saturated rings. The zero-order valence-corrected chi connectivity index (χ0v) is 16.2. The molecule has 27 heavy (non-hydrogen) atoms. The third-order valence-electron chi connectivity index (χ3n) is 3.88. The first-order chi connectivity index (χ1) is 13.1. The normalized spacial score (nSPS) is 11.8. The van der Waals surface area contributed by atoms with E-state index in [1.807, 2.05) is 69.3 Å². The lowest BCUT2D eigenvalue weighted by Crippen LogP contribution is -2.23. The highest BCUT2D eigenvalue weighted by molar-refractivity contribution is 8.00. The number of benzene rings is 2. The van der Waals surface area contributed by atoms with E-state index in [2.05, 4.69) is 20.8 Å². The van der Waals surface area contributed by atoms with E-state index in [-0.39, 0.29) is 5.91 Å². The van der Waals surface area contributed by atoms with E-state index in [0.717, 1.165) is 11.3 Å². The molecule has 0 bridgehead atoms. The second-order valence-corrected chi connectivity index (χ2v) is 7.15. The molecule has 0 spiro atoms. The van der Waals surface area contributed by atoms with Gasteiger partial charge in [0.05, 0.1) is 23.2 Å². The molecule has 0 saturated carbocycles.